The molecule has 0 aliphatic rings. The Bertz CT molecular complexity index is 1160. The van der Waals surface area contributed by atoms with E-state index in [-0.39, 0.29) is 27.7 Å². The Hall–Kier alpha value is -3.01. The average molecular weight is 446 g/mol. The molecule has 30 heavy (non-hydrogen) atoms. The first kappa shape index (κ1) is 21.7. The molecule has 3 rings (SSSR count). The van der Waals surface area contributed by atoms with Gasteiger partial charge in [-0.25, -0.2) is 13.4 Å². The third-order valence-electron chi connectivity index (χ3n) is 4.20. The van der Waals surface area contributed by atoms with E-state index in [4.69, 9.17) is 17.3 Å². The molecule has 0 fully saturated rings. The monoisotopic (exact) mass is 445 g/mol. The fraction of sp³-hybridized carbons (Fsp3) is 0.150. The third-order valence-corrected chi connectivity index (χ3v) is 5.88. The minimum absolute atomic E-state index is 0.00289. The summed E-state index contributed by atoms with van der Waals surface area (Å²) in [6, 6.07) is 10.9. The molecule has 0 radical (unpaired) electrons. The van der Waals surface area contributed by atoms with Crippen molar-refractivity contribution in [1.82, 2.24) is 15.3 Å². The summed E-state index contributed by atoms with van der Waals surface area (Å²) in [5.41, 5.74) is 7.11. The zero-order valence-electron chi connectivity index (χ0n) is 16.0. The van der Waals surface area contributed by atoms with Gasteiger partial charge in [-0.3, -0.25) is 14.5 Å². The van der Waals surface area contributed by atoms with Crippen LogP contribution < -0.4 is 15.8 Å². The number of carbonyl (C=O) groups excluding carboxylic acids is 1. The SMILES string of the molecule is CC(CN)NC(=O)c1cncc(-c2cnc(Cl)c(NS(=O)(=O)c3ccccc3)c2)c1. The van der Waals surface area contributed by atoms with Crippen LogP contribution in [-0.4, -0.2) is 36.9 Å². The Labute approximate surface area is 179 Å². The maximum absolute atomic E-state index is 12.6. The van der Waals surface area contributed by atoms with Gasteiger partial charge in [-0.2, -0.15) is 0 Å². The largest absolute Gasteiger partial charge is 0.348 e. The summed E-state index contributed by atoms with van der Waals surface area (Å²) >= 11 is 6.10. The highest BCUT2D eigenvalue weighted by Crippen LogP contribution is 2.28. The number of rotatable bonds is 7. The number of nitrogens with two attached hydrogens (primary N) is 1. The number of benzene rings is 1. The van der Waals surface area contributed by atoms with Crippen molar-refractivity contribution in [3.8, 4) is 11.1 Å². The molecule has 0 saturated heterocycles. The molecule has 0 bridgehead atoms. The minimum Gasteiger partial charge on any atom is -0.348 e. The van der Waals surface area contributed by atoms with E-state index in [2.05, 4.69) is 20.0 Å². The van der Waals surface area contributed by atoms with Crippen LogP contribution in [0.25, 0.3) is 11.1 Å². The van der Waals surface area contributed by atoms with E-state index in [1.54, 1.807) is 37.4 Å². The van der Waals surface area contributed by atoms with E-state index in [0.29, 0.717) is 23.2 Å². The fourth-order valence-electron chi connectivity index (χ4n) is 2.57. The Morgan fingerprint density at radius 3 is 2.53 bits per heavy atom. The maximum Gasteiger partial charge on any atom is 0.261 e. The van der Waals surface area contributed by atoms with Gasteiger partial charge in [0, 0.05) is 42.3 Å². The van der Waals surface area contributed by atoms with Crippen molar-refractivity contribution in [3.63, 3.8) is 0 Å². The number of hydrogen-bond donors (Lipinski definition) is 3. The molecule has 1 amide bonds. The number of carbonyl (C=O) groups is 1. The van der Waals surface area contributed by atoms with Crippen molar-refractivity contribution < 1.29 is 13.2 Å². The number of nitrogens with zero attached hydrogens (tertiary/aromatic N) is 2. The van der Waals surface area contributed by atoms with E-state index >= 15 is 0 Å². The van der Waals surface area contributed by atoms with Crippen LogP contribution in [0.5, 0.6) is 0 Å². The Morgan fingerprint density at radius 2 is 1.83 bits per heavy atom. The van der Waals surface area contributed by atoms with Crippen LogP contribution in [0.4, 0.5) is 5.69 Å². The van der Waals surface area contributed by atoms with Gasteiger partial charge in [0.25, 0.3) is 15.9 Å². The lowest BCUT2D eigenvalue weighted by Gasteiger charge is -2.13. The Kier molecular flexibility index (Phi) is 6.66. The molecule has 8 nitrogen and oxygen atoms in total. The summed E-state index contributed by atoms with van der Waals surface area (Å²) in [5, 5.41) is 2.76. The summed E-state index contributed by atoms with van der Waals surface area (Å²) in [4.78, 5) is 20.6. The van der Waals surface area contributed by atoms with Crippen LogP contribution in [0, 0.1) is 0 Å². The van der Waals surface area contributed by atoms with Gasteiger partial charge in [-0.15, -0.1) is 0 Å². The molecule has 0 aliphatic heterocycles. The number of amides is 1. The van der Waals surface area contributed by atoms with Crippen molar-refractivity contribution in [1.29, 1.82) is 0 Å². The topological polar surface area (TPSA) is 127 Å². The molecule has 1 atom stereocenters. The molecule has 1 unspecified atom stereocenters. The molecule has 4 N–H and O–H groups in total. The van der Waals surface area contributed by atoms with Gasteiger partial charge in [0.15, 0.2) is 5.15 Å². The maximum atomic E-state index is 12.6. The van der Waals surface area contributed by atoms with Crippen LogP contribution in [0.15, 0.2) is 66.0 Å². The predicted molar refractivity (Wildman–Crippen MR) is 116 cm³/mol. The van der Waals surface area contributed by atoms with E-state index in [9.17, 15) is 13.2 Å². The van der Waals surface area contributed by atoms with Gasteiger partial charge in [0.1, 0.15) is 0 Å². The second-order valence-electron chi connectivity index (χ2n) is 6.55. The van der Waals surface area contributed by atoms with E-state index < -0.39 is 10.0 Å². The predicted octanol–water partition coefficient (Wildman–Crippen LogP) is 2.67. The molecular formula is C20H20ClN5O3S. The molecule has 156 valence electrons. The Morgan fingerprint density at radius 1 is 1.13 bits per heavy atom. The molecule has 1 aromatic carbocycles. The highest BCUT2D eigenvalue weighted by atomic mass is 35.5. The van der Waals surface area contributed by atoms with E-state index in [1.165, 1.54) is 30.6 Å². The number of pyridine rings is 2. The normalized spacial score (nSPS) is 12.2. The van der Waals surface area contributed by atoms with Crippen molar-refractivity contribution in [2.24, 2.45) is 5.73 Å². The highest BCUT2D eigenvalue weighted by molar-refractivity contribution is 7.92. The van der Waals surface area contributed by atoms with Crippen LogP contribution in [0.1, 0.15) is 17.3 Å². The van der Waals surface area contributed by atoms with Gasteiger partial charge in [-0.1, -0.05) is 29.8 Å². The number of halogens is 1. The second-order valence-corrected chi connectivity index (χ2v) is 8.59. The highest BCUT2D eigenvalue weighted by Gasteiger charge is 2.17. The van der Waals surface area contributed by atoms with Gasteiger partial charge < -0.3 is 11.1 Å². The molecular weight excluding hydrogens is 426 g/mol. The molecule has 0 aliphatic carbocycles. The van der Waals surface area contributed by atoms with Crippen molar-refractivity contribution in [3.05, 3.63) is 71.8 Å². The van der Waals surface area contributed by atoms with Crippen LogP contribution in [0.3, 0.4) is 0 Å². The molecule has 10 heteroatoms. The zero-order chi connectivity index (χ0) is 21.7. The molecule has 0 spiro atoms. The number of anilines is 1. The molecule has 3 aromatic rings. The fourth-order valence-corrected chi connectivity index (χ4v) is 3.85. The van der Waals surface area contributed by atoms with Crippen LogP contribution >= 0.6 is 11.6 Å². The minimum atomic E-state index is -3.84. The standard InChI is InChI=1S/C20H20ClN5O3S/c1-13(9-22)25-20(27)16-7-14(10-23-11-16)15-8-18(19(21)24-12-15)26-30(28,29)17-5-3-2-4-6-17/h2-8,10-13,26H,9,22H2,1H3,(H,25,27). The summed E-state index contributed by atoms with van der Waals surface area (Å²) in [6.07, 6.45) is 4.46. The summed E-state index contributed by atoms with van der Waals surface area (Å²) in [5.74, 6) is -0.311. The van der Waals surface area contributed by atoms with Gasteiger partial charge in [-0.05, 0) is 31.2 Å². The lowest BCUT2D eigenvalue weighted by molar-refractivity contribution is 0.0941. The van der Waals surface area contributed by atoms with E-state index in [1.807, 2.05) is 0 Å². The summed E-state index contributed by atoms with van der Waals surface area (Å²) in [6.45, 7) is 2.11. The number of aromatic nitrogens is 2. The first-order valence-corrected chi connectivity index (χ1v) is 10.9. The second kappa shape index (κ2) is 9.21. The van der Waals surface area contributed by atoms with Crippen molar-refractivity contribution in [2.75, 3.05) is 11.3 Å². The lowest BCUT2D eigenvalue weighted by Crippen LogP contribution is -2.37. The summed E-state index contributed by atoms with van der Waals surface area (Å²) < 4.78 is 27.7. The molecule has 2 heterocycles. The van der Waals surface area contributed by atoms with E-state index in [0.717, 1.165) is 0 Å². The smallest absolute Gasteiger partial charge is 0.261 e. The van der Waals surface area contributed by atoms with Crippen LogP contribution in [0.2, 0.25) is 5.15 Å². The van der Waals surface area contributed by atoms with Gasteiger partial charge >= 0.3 is 0 Å². The number of hydrogen-bond acceptors (Lipinski definition) is 6. The average Bonchev–Trinajstić information content (AvgIpc) is 2.75. The third kappa shape index (κ3) is 5.12. The van der Waals surface area contributed by atoms with Crippen LogP contribution in [-0.2, 0) is 10.0 Å². The first-order chi connectivity index (χ1) is 14.3. The van der Waals surface area contributed by atoms with Gasteiger partial charge in [0.05, 0.1) is 16.1 Å². The molecule has 0 saturated carbocycles. The Balaban J connectivity index is 1.90. The van der Waals surface area contributed by atoms with Crippen molar-refractivity contribution in [2.45, 2.75) is 17.9 Å². The zero-order valence-corrected chi connectivity index (χ0v) is 17.6. The summed E-state index contributed by atoms with van der Waals surface area (Å²) in [7, 11) is -3.84. The number of sulfonamides is 1. The number of nitrogens with one attached hydrogen (secondary N) is 2. The quantitative estimate of drug-likeness (QED) is 0.480. The van der Waals surface area contributed by atoms with Gasteiger partial charge in [0.2, 0.25) is 0 Å². The molecule has 2 aromatic heterocycles. The first-order valence-electron chi connectivity index (χ1n) is 9.00. The van der Waals surface area contributed by atoms with Crippen molar-refractivity contribution >= 4 is 33.2 Å². The lowest BCUT2D eigenvalue weighted by atomic mass is 10.1.